The Kier molecular flexibility index (Phi) is 5.02. The van der Waals surface area contributed by atoms with E-state index in [1.807, 2.05) is 27.7 Å². The van der Waals surface area contributed by atoms with E-state index in [2.05, 4.69) is 14.9 Å². The number of hydrogen-bond donors (Lipinski definition) is 2. The molecular formula is C11H19N3O2S. The van der Waals surface area contributed by atoms with Crippen molar-refractivity contribution in [1.82, 2.24) is 14.9 Å². The number of carbonyl (C=O) groups excluding carboxylic acids is 1. The van der Waals surface area contributed by atoms with Crippen LogP contribution in [-0.4, -0.2) is 33.2 Å². The minimum absolute atomic E-state index is 0.0628. The van der Waals surface area contributed by atoms with Gasteiger partial charge in [-0.05, 0) is 23.4 Å². The summed E-state index contributed by atoms with van der Waals surface area (Å²) in [6.07, 6.45) is 0. The van der Waals surface area contributed by atoms with E-state index in [1.165, 1.54) is 0 Å². The molecule has 6 heteroatoms. The second-order valence-electron chi connectivity index (χ2n) is 4.65. The van der Waals surface area contributed by atoms with E-state index in [0.717, 1.165) is 11.5 Å². The zero-order chi connectivity index (χ0) is 13.0. The summed E-state index contributed by atoms with van der Waals surface area (Å²) in [5.74, 6) is 0.157. The zero-order valence-corrected chi connectivity index (χ0v) is 11.4. The van der Waals surface area contributed by atoms with Crippen molar-refractivity contribution >= 4 is 17.4 Å². The molecule has 1 aromatic rings. The Labute approximate surface area is 105 Å². The first-order valence-corrected chi connectivity index (χ1v) is 6.48. The quantitative estimate of drug-likeness (QED) is 0.836. The number of rotatable bonds is 5. The molecule has 0 saturated heterocycles. The molecule has 1 heterocycles. The summed E-state index contributed by atoms with van der Waals surface area (Å²) < 4.78 is 3.81. The van der Waals surface area contributed by atoms with Crippen molar-refractivity contribution in [3.63, 3.8) is 0 Å². The fourth-order valence-corrected chi connectivity index (χ4v) is 2.11. The smallest absolute Gasteiger partial charge is 0.265 e. The first kappa shape index (κ1) is 14.1. The number of nitrogens with one attached hydrogen (secondary N) is 1. The first-order chi connectivity index (χ1) is 7.97. The monoisotopic (exact) mass is 257 g/mol. The molecule has 0 saturated carbocycles. The summed E-state index contributed by atoms with van der Waals surface area (Å²) in [5, 5.41) is 15.9. The number of nitrogens with zero attached hydrogens (tertiary/aromatic N) is 2. The molecule has 5 nitrogen and oxygen atoms in total. The maximum Gasteiger partial charge on any atom is 0.265 e. The molecule has 2 N–H and O–H groups in total. The van der Waals surface area contributed by atoms with E-state index in [1.54, 1.807) is 0 Å². The Bertz CT molecular complexity index is 377. The minimum Gasteiger partial charge on any atom is -0.394 e. The van der Waals surface area contributed by atoms with Gasteiger partial charge in [0.25, 0.3) is 5.91 Å². The van der Waals surface area contributed by atoms with Crippen LogP contribution in [0.2, 0.25) is 0 Å². The number of aliphatic hydroxyl groups is 1. The molecule has 0 aliphatic heterocycles. The van der Waals surface area contributed by atoms with Gasteiger partial charge in [0.2, 0.25) is 0 Å². The average molecular weight is 257 g/mol. The highest BCUT2D eigenvalue weighted by Crippen LogP contribution is 2.19. The van der Waals surface area contributed by atoms with E-state index in [9.17, 15) is 9.90 Å². The van der Waals surface area contributed by atoms with Crippen LogP contribution in [0.1, 0.15) is 49.0 Å². The fourth-order valence-electron chi connectivity index (χ4n) is 1.39. The molecule has 0 aliphatic rings. The lowest BCUT2D eigenvalue weighted by Gasteiger charge is -2.19. The molecule has 1 rings (SSSR count). The predicted octanol–water partition coefficient (Wildman–Crippen LogP) is 1.41. The van der Waals surface area contributed by atoms with Gasteiger partial charge in [-0.1, -0.05) is 32.2 Å². The Hall–Kier alpha value is -1.01. The third-order valence-electron chi connectivity index (χ3n) is 2.58. The molecule has 17 heavy (non-hydrogen) atoms. The van der Waals surface area contributed by atoms with Gasteiger partial charge in [0, 0.05) is 0 Å². The molecule has 0 fully saturated rings. The van der Waals surface area contributed by atoms with Gasteiger partial charge in [0.05, 0.1) is 18.3 Å². The van der Waals surface area contributed by atoms with Crippen molar-refractivity contribution in [1.29, 1.82) is 0 Å². The highest BCUT2D eigenvalue weighted by atomic mass is 32.1. The van der Waals surface area contributed by atoms with E-state index >= 15 is 0 Å². The van der Waals surface area contributed by atoms with Crippen LogP contribution in [0.4, 0.5) is 0 Å². The van der Waals surface area contributed by atoms with Crippen molar-refractivity contribution in [2.24, 2.45) is 5.92 Å². The second-order valence-corrected chi connectivity index (χ2v) is 5.40. The van der Waals surface area contributed by atoms with Crippen molar-refractivity contribution in [3.8, 4) is 0 Å². The van der Waals surface area contributed by atoms with Crippen LogP contribution in [0.3, 0.4) is 0 Å². The van der Waals surface area contributed by atoms with Crippen LogP contribution >= 0.6 is 11.5 Å². The van der Waals surface area contributed by atoms with Crippen molar-refractivity contribution in [3.05, 3.63) is 10.6 Å². The van der Waals surface area contributed by atoms with E-state index in [-0.39, 0.29) is 30.4 Å². The van der Waals surface area contributed by atoms with Crippen LogP contribution in [0.5, 0.6) is 0 Å². The molecule has 0 bridgehead atoms. The lowest BCUT2D eigenvalue weighted by molar-refractivity contribution is 0.0899. The molecule has 0 aliphatic carbocycles. The SMILES string of the molecule is CC(C)c1nnsc1C(=O)N[C@H](CO)C(C)C. The molecule has 1 atom stereocenters. The maximum atomic E-state index is 12.0. The highest BCUT2D eigenvalue weighted by Gasteiger charge is 2.22. The lowest BCUT2D eigenvalue weighted by atomic mass is 10.0. The number of carbonyl (C=O) groups is 1. The summed E-state index contributed by atoms with van der Waals surface area (Å²) in [7, 11) is 0. The van der Waals surface area contributed by atoms with E-state index in [4.69, 9.17) is 0 Å². The standard InChI is InChI=1S/C11H19N3O2S/c1-6(2)8(5-15)12-11(16)10-9(7(3)4)13-14-17-10/h6-8,15H,5H2,1-4H3,(H,12,16)/t8-/m1/s1. The van der Waals surface area contributed by atoms with E-state index in [0.29, 0.717) is 10.6 Å². The third-order valence-corrected chi connectivity index (χ3v) is 3.32. The molecule has 96 valence electrons. The molecule has 0 aromatic carbocycles. The highest BCUT2D eigenvalue weighted by molar-refractivity contribution is 7.08. The summed E-state index contributed by atoms with van der Waals surface area (Å²) in [6.45, 7) is 7.79. The topological polar surface area (TPSA) is 75.1 Å². The largest absolute Gasteiger partial charge is 0.394 e. The summed E-state index contributed by atoms with van der Waals surface area (Å²) >= 11 is 1.10. The van der Waals surface area contributed by atoms with Crippen LogP contribution in [0.15, 0.2) is 0 Å². The van der Waals surface area contributed by atoms with Gasteiger partial charge in [-0.15, -0.1) is 5.10 Å². The Morgan fingerprint density at radius 1 is 1.41 bits per heavy atom. The molecule has 0 radical (unpaired) electrons. The molecule has 1 amide bonds. The Morgan fingerprint density at radius 3 is 2.53 bits per heavy atom. The third kappa shape index (κ3) is 3.47. The summed E-state index contributed by atoms with van der Waals surface area (Å²) in [4.78, 5) is 12.6. The molecule has 0 spiro atoms. The zero-order valence-electron chi connectivity index (χ0n) is 10.6. The van der Waals surface area contributed by atoms with Gasteiger partial charge in [-0.2, -0.15) is 0 Å². The maximum absolute atomic E-state index is 12.0. The van der Waals surface area contributed by atoms with Gasteiger partial charge in [-0.3, -0.25) is 4.79 Å². The number of amides is 1. The van der Waals surface area contributed by atoms with Crippen LogP contribution in [0, 0.1) is 5.92 Å². The van der Waals surface area contributed by atoms with Gasteiger partial charge < -0.3 is 10.4 Å². The van der Waals surface area contributed by atoms with Crippen LogP contribution in [-0.2, 0) is 0 Å². The normalized spacial score (nSPS) is 13.1. The lowest BCUT2D eigenvalue weighted by Crippen LogP contribution is -2.41. The van der Waals surface area contributed by atoms with Gasteiger partial charge in [0.1, 0.15) is 4.88 Å². The molecule has 0 unspecified atom stereocenters. The first-order valence-electron chi connectivity index (χ1n) is 5.71. The van der Waals surface area contributed by atoms with Crippen molar-refractivity contribution < 1.29 is 9.90 Å². The van der Waals surface area contributed by atoms with Crippen LogP contribution < -0.4 is 5.32 Å². The van der Waals surface area contributed by atoms with Gasteiger partial charge in [-0.25, -0.2) is 0 Å². The number of aliphatic hydroxyl groups excluding tert-OH is 1. The Balaban J connectivity index is 2.79. The fraction of sp³-hybridized carbons (Fsp3) is 0.727. The van der Waals surface area contributed by atoms with Gasteiger partial charge >= 0.3 is 0 Å². The Morgan fingerprint density at radius 2 is 2.06 bits per heavy atom. The summed E-state index contributed by atoms with van der Waals surface area (Å²) in [6, 6.07) is -0.232. The second kappa shape index (κ2) is 6.07. The predicted molar refractivity (Wildman–Crippen MR) is 67.2 cm³/mol. The van der Waals surface area contributed by atoms with Gasteiger partial charge in [0.15, 0.2) is 0 Å². The minimum atomic E-state index is -0.232. The molecule has 1 aromatic heterocycles. The van der Waals surface area contributed by atoms with Crippen molar-refractivity contribution in [2.45, 2.75) is 39.7 Å². The summed E-state index contributed by atoms with van der Waals surface area (Å²) in [5.41, 5.74) is 0.716. The van der Waals surface area contributed by atoms with Crippen LogP contribution in [0.25, 0.3) is 0 Å². The number of hydrogen-bond acceptors (Lipinski definition) is 5. The average Bonchev–Trinajstić information content (AvgIpc) is 2.73. The van der Waals surface area contributed by atoms with Crippen molar-refractivity contribution in [2.75, 3.05) is 6.61 Å². The molecular weight excluding hydrogens is 238 g/mol. The number of aromatic nitrogens is 2. The van der Waals surface area contributed by atoms with E-state index < -0.39 is 0 Å².